The molecule has 1 N–H and O–H groups in total. The van der Waals surface area contributed by atoms with E-state index in [9.17, 15) is 4.79 Å². The minimum atomic E-state index is -0.256. The van der Waals surface area contributed by atoms with Crippen molar-refractivity contribution >= 4 is 23.4 Å². The summed E-state index contributed by atoms with van der Waals surface area (Å²) in [7, 11) is 1.87. The molecule has 1 atom stereocenters. The second kappa shape index (κ2) is 6.37. The van der Waals surface area contributed by atoms with Gasteiger partial charge in [0.05, 0.1) is 5.25 Å². The van der Waals surface area contributed by atoms with Crippen LogP contribution in [0, 0.1) is 0 Å². The molecule has 0 bridgehead atoms. The third-order valence-corrected chi connectivity index (χ3v) is 5.53. The van der Waals surface area contributed by atoms with Gasteiger partial charge in [-0.05, 0) is 47.7 Å². The highest BCUT2D eigenvalue weighted by molar-refractivity contribution is 8.00. The maximum absolute atomic E-state index is 12.5. The van der Waals surface area contributed by atoms with Gasteiger partial charge in [-0.2, -0.15) is 0 Å². The molecule has 1 heterocycles. The van der Waals surface area contributed by atoms with Crippen molar-refractivity contribution in [3.05, 3.63) is 59.9 Å². The molecule has 0 radical (unpaired) electrons. The SMILES string of the molecule is CC(Sc1nncn1C)C(=O)Nc1ccc2c(c1)Cc1ccccc1-2. The molecule has 1 unspecified atom stereocenters. The van der Waals surface area contributed by atoms with E-state index in [1.807, 2.05) is 20.0 Å². The summed E-state index contributed by atoms with van der Waals surface area (Å²) in [6.45, 7) is 1.87. The number of hydrogen-bond donors (Lipinski definition) is 1. The summed E-state index contributed by atoms with van der Waals surface area (Å²) < 4.78 is 1.81. The van der Waals surface area contributed by atoms with Crippen LogP contribution in [-0.2, 0) is 18.3 Å². The molecule has 126 valence electrons. The molecule has 0 saturated carbocycles. The lowest BCUT2D eigenvalue weighted by atomic mass is 10.1. The summed E-state index contributed by atoms with van der Waals surface area (Å²) in [4.78, 5) is 12.5. The van der Waals surface area contributed by atoms with Crippen LogP contribution < -0.4 is 5.32 Å². The predicted octanol–water partition coefficient (Wildman–Crippen LogP) is 3.51. The van der Waals surface area contributed by atoms with Crippen LogP contribution in [0.15, 0.2) is 53.9 Å². The maximum atomic E-state index is 12.5. The van der Waals surface area contributed by atoms with E-state index in [4.69, 9.17) is 0 Å². The monoisotopic (exact) mass is 350 g/mol. The van der Waals surface area contributed by atoms with Crippen LogP contribution >= 0.6 is 11.8 Å². The Balaban J connectivity index is 1.48. The quantitative estimate of drug-likeness (QED) is 0.572. The first-order chi connectivity index (χ1) is 12.1. The van der Waals surface area contributed by atoms with Gasteiger partial charge in [0.25, 0.3) is 0 Å². The number of rotatable bonds is 4. The highest BCUT2D eigenvalue weighted by Crippen LogP contribution is 2.37. The van der Waals surface area contributed by atoms with Gasteiger partial charge in [-0.15, -0.1) is 10.2 Å². The van der Waals surface area contributed by atoms with Gasteiger partial charge >= 0.3 is 0 Å². The number of aromatic nitrogens is 3. The van der Waals surface area contributed by atoms with Gasteiger partial charge in [0.15, 0.2) is 5.16 Å². The van der Waals surface area contributed by atoms with E-state index in [1.54, 1.807) is 10.9 Å². The van der Waals surface area contributed by atoms with E-state index in [-0.39, 0.29) is 11.2 Å². The first kappa shape index (κ1) is 15.9. The highest BCUT2D eigenvalue weighted by atomic mass is 32.2. The average molecular weight is 350 g/mol. The molecular formula is C19H18N4OS. The number of fused-ring (bicyclic) bond motifs is 3. The summed E-state index contributed by atoms with van der Waals surface area (Å²) in [5, 5.41) is 11.3. The van der Waals surface area contributed by atoms with Crippen molar-refractivity contribution in [2.45, 2.75) is 23.8 Å². The van der Waals surface area contributed by atoms with Crippen LogP contribution in [0.3, 0.4) is 0 Å². The van der Waals surface area contributed by atoms with Crippen molar-refractivity contribution in [2.24, 2.45) is 7.05 Å². The highest BCUT2D eigenvalue weighted by Gasteiger charge is 2.20. The Morgan fingerprint density at radius 2 is 2.00 bits per heavy atom. The van der Waals surface area contributed by atoms with E-state index in [2.05, 4.69) is 51.9 Å². The Labute approximate surface area is 150 Å². The molecule has 1 aliphatic carbocycles. The number of carbonyl (C=O) groups excluding carboxylic acids is 1. The molecule has 0 fully saturated rings. The number of anilines is 1. The fourth-order valence-electron chi connectivity index (χ4n) is 3.06. The van der Waals surface area contributed by atoms with Crippen molar-refractivity contribution < 1.29 is 4.79 Å². The first-order valence-corrected chi connectivity index (χ1v) is 9.02. The van der Waals surface area contributed by atoms with E-state index in [0.29, 0.717) is 0 Å². The second-order valence-corrected chi connectivity index (χ2v) is 7.49. The molecule has 5 nitrogen and oxygen atoms in total. The average Bonchev–Trinajstić information content (AvgIpc) is 3.17. The van der Waals surface area contributed by atoms with Crippen molar-refractivity contribution in [3.8, 4) is 11.1 Å². The van der Waals surface area contributed by atoms with Crippen LogP contribution in [0.5, 0.6) is 0 Å². The molecule has 0 spiro atoms. The molecule has 2 aromatic carbocycles. The first-order valence-electron chi connectivity index (χ1n) is 8.14. The van der Waals surface area contributed by atoms with Gasteiger partial charge in [0, 0.05) is 12.7 Å². The van der Waals surface area contributed by atoms with Crippen LogP contribution in [0.1, 0.15) is 18.1 Å². The number of nitrogens with zero attached hydrogens (tertiary/aromatic N) is 3. The van der Waals surface area contributed by atoms with Crippen molar-refractivity contribution in [3.63, 3.8) is 0 Å². The van der Waals surface area contributed by atoms with E-state index in [1.165, 1.54) is 34.0 Å². The number of nitrogens with one attached hydrogen (secondary N) is 1. The van der Waals surface area contributed by atoms with E-state index < -0.39 is 0 Å². The zero-order valence-corrected chi connectivity index (χ0v) is 14.9. The lowest BCUT2D eigenvalue weighted by molar-refractivity contribution is -0.115. The van der Waals surface area contributed by atoms with Crippen LogP contribution in [0.2, 0.25) is 0 Å². The molecule has 1 aliphatic rings. The summed E-state index contributed by atoms with van der Waals surface area (Å²) >= 11 is 1.40. The predicted molar refractivity (Wildman–Crippen MR) is 99.6 cm³/mol. The van der Waals surface area contributed by atoms with Gasteiger partial charge in [-0.1, -0.05) is 42.1 Å². The molecule has 1 amide bonds. The van der Waals surface area contributed by atoms with Crippen molar-refractivity contribution in [2.75, 3.05) is 5.32 Å². The second-order valence-electron chi connectivity index (χ2n) is 6.18. The number of aryl methyl sites for hydroxylation is 1. The van der Waals surface area contributed by atoms with Gasteiger partial charge in [-0.3, -0.25) is 4.79 Å². The zero-order chi connectivity index (χ0) is 17.4. The Bertz CT molecular complexity index is 950. The normalized spacial score (nSPS) is 13.2. The summed E-state index contributed by atoms with van der Waals surface area (Å²) in [5.74, 6) is -0.0385. The molecular weight excluding hydrogens is 332 g/mol. The van der Waals surface area contributed by atoms with Crippen molar-refractivity contribution in [1.82, 2.24) is 14.8 Å². The Morgan fingerprint density at radius 1 is 1.20 bits per heavy atom. The molecule has 3 aromatic rings. The third kappa shape index (κ3) is 3.05. The van der Waals surface area contributed by atoms with E-state index >= 15 is 0 Å². The molecule has 0 aliphatic heterocycles. The van der Waals surface area contributed by atoms with Gasteiger partial charge in [0.1, 0.15) is 6.33 Å². The fraction of sp³-hybridized carbons (Fsp3) is 0.211. The fourth-order valence-corrected chi connectivity index (χ4v) is 3.85. The summed E-state index contributed by atoms with van der Waals surface area (Å²) in [5.41, 5.74) is 5.98. The number of thioether (sulfide) groups is 1. The molecule has 25 heavy (non-hydrogen) atoms. The van der Waals surface area contributed by atoms with Crippen molar-refractivity contribution in [1.29, 1.82) is 0 Å². The standard InChI is InChI=1S/C19H18N4OS/c1-12(25-19-22-20-11-23(19)2)18(24)21-15-7-8-17-14(10-15)9-13-5-3-4-6-16(13)17/h3-8,10-12H,9H2,1-2H3,(H,21,24). The number of carbonyl (C=O) groups is 1. The molecule has 1 aromatic heterocycles. The Hall–Kier alpha value is -2.60. The maximum Gasteiger partial charge on any atom is 0.237 e. The Kier molecular flexibility index (Phi) is 4.05. The van der Waals surface area contributed by atoms with Crippen LogP contribution in [-0.4, -0.2) is 25.9 Å². The minimum Gasteiger partial charge on any atom is -0.325 e. The van der Waals surface area contributed by atoms with Gasteiger partial charge < -0.3 is 9.88 Å². The Morgan fingerprint density at radius 3 is 2.80 bits per heavy atom. The van der Waals surface area contributed by atoms with E-state index in [0.717, 1.165) is 17.3 Å². The lowest BCUT2D eigenvalue weighted by Gasteiger charge is -2.12. The largest absolute Gasteiger partial charge is 0.325 e. The smallest absolute Gasteiger partial charge is 0.237 e. The number of benzene rings is 2. The van der Waals surface area contributed by atoms with Crippen LogP contribution in [0.4, 0.5) is 5.69 Å². The van der Waals surface area contributed by atoms with Crippen LogP contribution in [0.25, 0.3) is 11.1 Å². The number of amides is 1. The van der Waals surface area contributed by atoms with Gasteiger partial charge in [-0.25, -0.2) is 0 Å². The third-order valence-electron chi connectivity index (χ3n) is 4.38. The molecule has 6 heteroatoms. The zero-order valence-electron chi connectivity index (χ0n) is 14.1. The molecule has 4 rings (SSSR count). The minimum absolute atomic E-state index is 0.0385. The summed E-state index contributed by atoms with van der Waals surface area (Å²) in [6.07, 6.45) is 2.55. The topological polar surface area (TPSA) is 59.8 Å². The van der Waals surface area contributed by atoms with Gasteiger partial charge in [0.2, 0.25) is 5.91 Å². The summed E-state index contributed by atoms with van der Waals surface area (Å²) in [6, 6.07) is 14.6. The molecule has 0 saturated heterocycles. The lowest BCUT2D eigenvalue weighted by Crippen LogP contribution is -2.22. The number of hydrogen-bond acceptors (Lipinski definition) is 4.